The molecule has 3 heteroatoms. The number of ether oxygens (including phenoxy) is 1. The van der Waals surface area contributed by atoms with E-state index in [2.05, 4.69) is 205 Å². The molecule has 0 amide bonds. The van der Waals surface area contributed by atoms with Crippen molar-refractivity contribution in [2.75, 3.05) is 4.90 Å². The van der Waals surface area contributed by atoms with Gasteiger partial charge in [-0.05, 0) is 68.1 Å². The van der Waals surface area contributed by atoms with Gasteiger partial charge < -0.3 is 9.64 Å². The third kappa shape index (κ3) is 4.78. The van der Waals surface area contributed by atoms with Gasteiger partial charge in [-0.15, -0.1) is 0 Å². The molecule has 1 aliphatic rings. The maximum atomic E-state index is 6.95. The second kappa shape index (κ2) is 12.1. The Morgan fingerprint density at radius 1 is 0.408 bits per heavy atom. The van der Waals surface area contributed by atoms with Crippen molar-refractivity contribution in [1.29, 1.82) is 0 Å². The van der Waals surface area contributed by atoms with E-state index in [4.69, 9.17) is 4.74 Å². The first-order valence-corrected chi connectivity index (χ1v) is 18.8. The second-order valence-electron chi connectivity index (χ2n) is 12.5. The van der Waals surface area contributed by atoms with Crippen LogP contribution >= 0.6 is 0 Å². The molecule has 0 N–H and O–H groups in total. The molecular weight excluding hydrogens is 611 g/mol. The summed E-state index contributed by atoms with van der Waals surface area (Å²) < 4.78 is 6.95. The summed E-state index contributed by atoms with van der Waals surface area (Å²) in [4.78, 5) is 2.35. The van der Waals surface area contributed by atoms with Crippen molar-refractivity contribution in [3.05, 3.63) is 200 Å². The summed E-state index contributed by atoms with van der Waals surface area (Å²) in [6, 6.07) is 72.1. The van der Waals surface area contributed by atoms with Crippen LogP contribution in [0.5, 0.6) is 11.5 Å². The predicted octanol–water partition coefficient (Wildman–Crippen LogP) is 9.46. The van der Waals surface area contributed by atoms with E-state index in [1.54, 1.807) is 0 Å². The normalized spacial score (nSPS) is 12.8. The molecule has 0 fully saturated rings. The molecule has 2 nitrogen and oxygen atoms in total. The maximum absolute atomic E-state index is 6.95. The fourth-order valence-corrected chi connectivity index (χ4v) is 12.6. The lowest BCUT2D eigenvalue weighted by Crippen LogP contribution is -2.76. The van der Waals surface area contributed by atoms with Gasteiger partial charge in [0.15, 0.2) is 8.07 Å². The van der Waals surface area contributed by atoms with Crippen molar-refractivity contribution in [3.8, 4) is 22.6 Å². The first kappa shape index (κ1) is 29.0. The summed E-state index contributed by atoms with van der Waals surface area (Å²) in [5.74, 6) is 1.88. The lowest BCUT2D eigenvalue weighted by atomic mass is 10.0. The van der Waals surface area contributed by atoms with E-state index in [0.29, 0.717) is 0 Å². The Balaban J connectivity index is 1.22. The summed E-state index contributed by atoms with van der Waals surface area (Å²) in [6.45, 7) is 0. The molecule has 0 saturated carbocycles. The summed E-state index contributed by atoms with van der Waals surface area (Å²) >= 11 is 0. The van der Waals surface area contributed by atoms with Crippen LogP contribution in [0.25, 0.3) is 21.9 Å². The molecular formula is C46H33NOSi. The highest BCUT2D eigenvalue weighted by molar-refractivity contribution is 7.20. The van der Waals surface area contributed by atoms with Crippen LogP contribution in [0.2, 0.25) is 0 Å². The van der Waals surface area contributed by atoms with Crippen LogP contribution < -0.4 is 30.4 Å². The van der Waals surface area contributed by atoms with E-state index >= 15 is 0 Å². The highest BCUT2D eigenvalue weighted by Gasteiger charge is 2.48. The third-order valence-corrected chi connectivity index (χ3v) is 14.6. The van der Waals surface area contributed by atoms with Gasteiger partial charge >= 0.3 is 0 Å². The molecule has 0 bridgehead atoms. The molecule has 232 valence electrons. The van der Waals surface area contributed by atoms with Crippen LogP contribution in [0.3, 0.4) is 0 Å². The van der Waals surface area contributed by atoms with Crippen LogP contribution in [-0.4, -0.2) is 8.07 Å². The topological polar surface area (TPSA) is 12.5 Å². The van der Waals surface area contributed by atoms with Gasteiger partial charge in [0.1, 0.15) is 11.5 Å². The summed E-state index contributed by atoms with van der Waals surface area (Å²) in [7, 11) is -2.72. The van der Waals surface area contributed by atoms with Crippen LogP contribution in [-0.2, 0) is 0 Å². The maximum Gasteiger partial charge on any atom is 0.188 e. The monoisotopic (exact) mass is 643 g/mol. The molecule has 0 saturated heterocycles. The predicted molar refractivity (Wildman–Crippen MR) is 208 cm³/mol. The van der Waals surface area contributed by atoms with Gasteiger partial charge in [-0.2, -0.15) is 0 Å². The van der Waals surface area contributed by atoms with Gasteiger partial charge in [-0.25, -0.2) is 0 Å². The number of fused-ring (bicyclic) bond motifs is 3. The molecule has 8 aromatic rings. The Labute approximate surface area is 288 Å². The summed E-state index contributed by atoms with van der Waals surface area (Å²) in [5.41, 5.74) is 5.58. The van der Waals surface area contributed by atoms with Gasteiger partial charge in [0.2, 0.25) is 0 Å². The van der Waals surface area contributed by atoms with Crippen LogP contribution in [0.4, 0.5) is 17.1 Å². The first-order chi connectivity index (χ1) is 24.3. The molecule has 49 heavy (non-hydrogen) atoms. The van der Waals surface area contributed by atoms with Crippen LogP contribution in [0, 0.1) is 0 Å². The second-order valence-corrected chi connectivity index (χ2v) is 16.2. The Bertz CT molecular complexity index is 2360. The van der Waals surface area contributed by atoms with Gasteiger partial charge in [-0.1, -0.05) is 164 Å². The lowest BCUT2D eigenvalue weighted by molar-refractivity contribution is 0.489. The van der Waals surface area contributed by atoms with Crippen LogP contribution in [0.1, 0.15) is 0 Å². The minimum absolute atomic E-state index is 0.935. The van der Waals surface area contributed by atoms with Crippen molar-refractivity contribution in [1.82, 2.24) is 0 Å². The number of nitrogens with zero attached hydrogens (tertiary/aromatic N) is 1. The Morgan fingerprint density at radius 3 is 1.69 bits per heavy atom. The van der Waals surface area contributed by atoms with E-state index in [1.165, 1.54) is 31.5 Å². The van der Waals surface area contributed by atoms with Gasteiger partial charge in [0, 0.05) is 22.3 Å². The standard InChI is InChI=1S/C46H33NOSi/c1-4-18-36(19-5-1)47(42-26-14-17-34-16-10-11-24-40(34)42)37-32-30-35(31-33-37)41-25-15-29-45-46(41)48-43-27-12-13-28-44(43)49(45,38-20-6-2-7-21-38)39-22-8-3-9-23-39/h1-33H. The first-order valence-electron chi connectivity index (χ1n) is 16.8. The summed E-state index contributed by atoms with van der Waals surface area (Å²) in [5, 5.41) is 7.67. The number of hydrogen-bond acceptors (Lipinski definition) is 2. The van der Waals surface area contributed by atoms with Crippen molar-refractivity contribution in [3.63, 3.8) is 0 Å². The number of benzene rings is 8. The molecule has 1 aliphatic heterocycles. The quantitative estimate of drug-likeness (QED) is 0.167. The number of rotatable bonds is 6. The van der Waals surface area contributed by atoms with E-state index in [9.17, 15) is 0 Å². The molecule has 1 heterocycles. The molecule has 0 radical (unpaired) electrons. The lowest BCUT2D eigenvalue weighted by Gasteiger charge is -2.40. The Morgan fingerprint density at radius 2 is 0.959 bits per heavy atom. The Kier molecular flexibility index (Phi) is 7.18. The summed E-state index contributed by atoms with van der Waals surface area (Å²) in [6.07, 6.45) is 0. The van der Waals surface area contributed by atoms with E-state index in [0.717, 1.165) is 39.7 Å². The number of anilines is 3. The molecule has 0 atom stereocenters. The molecule has 0 aromatic heterocycles. The molecule has 0 spiro atoms. The zero-order chi connectivity index (χ0) is 32.6. The molecule has 8 aromatic carbocycles. The Hall–Kier alpha value is -6.16. The zero-order valence-corrected chi connectivity index (χ0v) is 27.9. The largest absolute Gasteiger partial charge is 0.457 e. The van der Waals surface area contributed by atoms with Crippen molar-refractivity contribution in [2.24, 2.45) is 0 Å². The minimum Gasteiger partial charge on any atom is -0.457 e. The smallest absolute Gasteiger partial charge is 0.188 e. The SMILES string of the molecule is c1ccc(N(c2ccc(-c3cccc4c3Oc3ccccc3[Si]4(c3ccccc3)c3ccccc3)cc2)c2cccc3ccccc23)cc1. The molecule has 9 rings (SSSR count). The average molecular weight is 644 g/mol. The molecule has 0 aliphatic carbocycles. The van der Waals surface area contributed by atoms with E-state index in [-0.39, 0.29) is 0 Å². The number of para-hydroxylation sites is 3. The fraction of sp³-hybridized carbons (Fsp3) is 0. The van der Waals surface area contributed by atoms with Crippen LogP contribution in [0.15, 0.2) is 200 Å². The van der Waals surface area contributed by atoms with Crippen molar-refractivity contribution < 1.29 is 4.74 Å². The number of hydrogen-bond donors (Lipinski definition) is 0. The average Bonchev–Trinajstić information content (AvgIpc) is 3.18. The van der Waals surface area contributed by atoms with E-state index in [1.807, 2.05) is 0 Å². The fourth-order valence-electron chi connectivity index (χ4n) is 7.65. The van der Waals surface area contributed by atoms with E-state index < -0.39 is 8.07 Å². The van der Waals surface area contributed by atoms with Gasteiger partial charge in [0.25, 0.3) is 0 Å². The highest BCUT2D eigenvalue weighted by Crippen LogP contribution is 2.41. The molecule has 0 unspecified atom stereocenters. The minimum atomic E-state index is -2.72. The highest BCUT2D eigenvalue weighted by atomic mass is 28.3. The van der Waals surface area contributed by atoms with Crippen molar-refractivity contribution >= 4 is 56.7 Å². The third-order valence-electron chi connectivity index (χ3n) is 9.79. The van der Waals surface area contributed by atoms with Crippen molar-refractivity contribution in [2.45, 2.75) is 0 Å². The van der Waals surface area contributed by atoms with Gasteiger partial charge in [-0.3, -0.25) is 0 Å². The zero-order valence-electron chi connectivity index (χ0n) is 26.9. The van der Waals surface area contributed by atoms with Gasteiger partial charge in [0.05, 0.1) is 5.69 Å².